The number of non-ortho nitro benzene ring substituents is 2. The van der Waals surface area contributed by atoms with Gasteiger partial charge in [-0.15, -0.1) is 0 Å². The third kappa shape index (κ3) is 27.0. The topological polar surface area (TPSA) is 356 Å². The number of carbonyl (C=O) groups excluding carboxylic acids is 7. The maximum absolute atomic E-state index is 13.4. The molecule has 4 rings (SSSR count). The molecule has 1 aliphatic carbocycles. The molecule has 2 aromatic carbocycles. The molecule has 1 heterocycles. The van der Waals surface area contributed by atoms with Crippen LogP contribution in [-0.2, 0) is 61.8 Å². The Morgan fingerprint density at radius 3 is 1.27 bits per heavy atom. The van der Waals surface area contributed by atoms with E-state index in [0.29, 0.717) is 32.2 Å². The van der Waals surface area contributed by atoms with Gasteiger partial charge >= 0.3 is 24.5 Å². The summed E-state index contributed by atoms with van der Waals surface area (Å²) in [5.41, 5.74) is -0.292. The highest BCUT2D eigenvalue weighted by Crippen LogP contribution is 2.30. The smallest absolute Gasteiger partial charge is 0.449 e. The molecule has 2 aromatic rings. The Kier molecular flexibility index (Phi) is 30.1. The molecule has 29 nitrogen and oxygen atoms in total. The second-order valence-electron chi connectivity index (χ2n) is 16.8. The normalized spacial score (nSPS) is 14.9. The minimum Gasteiger partial charge on any atom is -0.449 e. The van der Waals surface area contributed by atoms with Gasteiger partial charge in [0, 0.05) is 80.9 Å². The molecular weight excluding hydrogens is 1040 g/mol. The number of carbonyl (C=O) groups is 7. The first-order valence-electron chi connectivity index (χ1n) is 25.1. The number of nitrogens with one attached hydrogen (secondary N) is 3. The second-order valence-corrected chi connectivity index (χ2v) is 16.8. The molecule has 5 amide bonds. The highest BCUT2D eigenvalue weighted by molar-refractivity contribution is 6.12. The lowest BCUT2D eigenvalue weighted by molar-refractivity contribution is -0.385. The summed E-state index contributed by atoms with van der Waals surface area (Å²) in [6.07, 6.45) is 1.96. The van der Waals surface area contributed by atoms with Crippen LogP contribution in [-0.4, -0.2) is 188 Å². The molecule has 1 fully saturated rings. The Morgan fingerprint density at radius 1 is 0.513 bits per heavy atom. The Labute approximate surface area is 447 Å². The lowest BCUT2D eigenvalue weighted by Crippen LogP contribution is -2.43. The number of nitro groups is 2. The van der Waals surface area contributed by atoms with Crippen LogP contribution in [0.15, 0.2) is 60.7 Å². The number of ether oxygens (including phenoxy) is 12. The lowest BCUT2D eigenvalue weighted by atomic mass is 9.81. The van der Waals surface area contributed by atoms with Gasteiger partial charge in [0.2, 0.25) is 5.91 Å². The van der Waals surface area contributed by atoms with E-state index in [9.17, 15) is 53.8 Å². The number of hydrogen-bond donors (Lipinski definition) is 3. The SMILES string of the molecule is O=C(NCCOCCOCCOCCOC(=O)Oc1ccc([N+](=O)[O-])cc1)OCCC(CCOC(=O)NCCOCCOCCOCCOC(=O)Oc1ccc([N+](=O)[O-])cc1)NC(=O)C1CCC(CN2C(=O)C=CC2=O)CC1. The molecule has 0 radical (unpaired) electrons. The first-order chi connectivity index (χ1) is 37.8. The summed E-state index contributed by atoms with van der Waals surface area (Å²) in [5, 5.41) is 29.6. The average molecular weight is 1110 g/mol. The van der Waals surface area contributed by atoms with Crippen LogP contribution in [0.1, 0.15) is 38.5 Å². The fraction of sp³-hybridized carbons (Fsp3) is 0.571. The summed E-state index contributed by atoms with van der Waals surface area (Å²) in [6.45, 7) is 2.66. The van der Waals surface area contributed by atoms with Crippen molar-refractivity contribution in [3.63, 3.8) is 0 Å². The Bertz CT molecular complexity index is 2090. The maximum atomic E-state index is 13.4. The van der Waals surface area contributed by atoms with Crippen LogP contribution in [0.25, 0.3) is 0 Å². The molecule has 78 heavy (non-hydrogen) atoms. The fourth-order valence-corrected chi connectivity index (χ4v) is 7.20. The van der Waals surface area contributed by atoms with E-state index >= 15 is 0 Å². The van der Waals surface area contributed by atoms with Crippen LogP contribution in [0.3, 0.4) is 0 Å². The van der Waals surface area contributed by atoms with Gasteiger partial charge in [0.15, 0.2) is 0 Å². The van der Waals surface area contributed by atoms with Crippen LogP contribution < -0.4 is 25.4 Å². The molecule has 0 bridgehead atoms. The van der Waals surface area contributed by atoms with Crippen molar-refractivity contribution in [2.75, 3.05) is 125 Å². The van der Waals surface area contributed by atoms with Gasteiger partial charge in [0.1, 0.15) is 24.7 Å². The standard InChI is InChI=1S/C49H66N6O23/c56-43-13-14-44(57)53(43)35-36-1-3-37(4-2-36)45(58)52-38(15-19-73-46(59)50-17-21-67-23-25-69-27-29-71-31-33-75-48(61)77-41-9-5-39(6-10-41)54(63)64)16-20-74-47(60)51-18-22-68-24-26-70-28-30-72-32-34-76-49(62)78-42-11-7-40(8-12-42)55(65)66/h5-14,36-38H,1-4,15-35H2,(H,50,59)(H,51,60)(H,52,58). The number of benzene rings is 2. The van der Waals surface area contributed by atoms with Crippen LogP contribution in [0.2, 0.25) is 0 Å². The largest absolute Gasteiger partial charge is 0.513 e. The van der Waals surface area contributed by atoms with Crippen molar-refractivity contribution in [1.29, 1.82) is 0 Å². The maximum Gasteiger partial charge on any atom is 0.513 e. The molecular formula is C49H66N6O23. The van der Waals surface area contributed by atoms with Crippen LogP contribution in [0, 0.1) is 32.1 Å². The molecule has 3 N–H and O–H groups in total. The number of alkyl carbamates (subject to hydrolysis) is 2. The third-order valence-corrected chi connectivity index (χ3v) is 11.2. The van der Waals surface area contributed by atoms with Crippen LogP contribution >= 0.6 is 0 Å². The number of hydrogen-bond acceptors (Lipinski definition) is 23. The Balaban J connectivity index is 1.01. The Hall–Kier alpha value is -7.57. The minimum absolute atomic E-state index is 0.0624. The van der Waals surface area contributed by atoms with Gasteiger partial charge in [0.05, 0.1) is 102 Å². The van der Waals surface area contributed by atoms with Crippen molar-refractivity contribution in [3.8, 4) is 11.5 Å². The zero-order chi connectivity index (χ0) is 56.2. The molecule has 0 spiro atoms. The van der Waals surface area contributed by atoms with E-state index in [4.69, 9.17) is 56.8 Å². The summed E-state index contributed by atoms with van der Waals surface area (Å²) in [7, 11) is 0. The van der Waals surface area contributed by atoms with Crippen molar-refractivity contribution in [2.45, 2.75) is 44.6 Å². The van der Waals surface area contributed by atoms with Crippen molar-refractivity contribution in [1.82, 2.24) is 20.9 Å². The number of amides is 5. The number of imide groups is 1. The zero-order valence-electron chi connectivity index (χ0n) is 42.9. The molecule has 1 aliphatic heterocycles. The molecule has 29 heteroatoms. The van der Waals surface area contributed by atoms with E-state index in [1.807, 2.05) is 0 Å². The van der Waals surface area contributed by atoms with Gasteiger partial charge in [0.25, 0.3) is 23.2 Å². The van der Waals surface area contributed by atoms with E-state index in [1.54, 1.807) is 0 Å². The first kappa shape index (κ1) is 63.0. The van der Waals surface area contributed by atoms with E-state index in [-0.39, 0.29) is 184 Å². The summed E-state index contributed by atoms with van der Waals surface area (Å²) < 4.78 is 62.7. The summed E-state index contributed by atoms with van der Waals surface area (Å²) >= 11 is 0. The van der Waals surface area contributed by atoms with Crippen LogP contribution in [0.5, 0.6) is 11.5 Å². The zero-order valence-corrected chi connectivity index (χ0v) is 42.9. The average Bonchev–Trinajstić information content (AvgIpc) is 3.75. The quantitative estimate of drug-likeness (QED) is 0.0164. The molecule has 0 unspecified atom stereocenters. The fourth-order valence-electron chi connectivity index (χ4n) is 7.20. The van der Waals surface area contributed by atoms with Crippen LogP contribution in [0.4, 0.5) is 30.6 Å². The molecule has 2 aliphatic rings. The molecule has 430 valence electrons. The molecule has 1 saturated carbocycles. The van der Waals surface area contributed by atoms with E-state index < -0.39 is 40.4 Å². The summed E-state index contributed by atoms with van der Waals surface area (Å²) in [4.78, 5) is 107. The second kappa shape index (κ2) is 37.2. The van der Waals surface area contributed by atoms with Gasteiger partial charge in [-0.1, -0.05) is 0 Å². The summed E-state index contributed by atoms with van der Waals surface area (Å²) in [6, 6.07) is 9.35. The number of rotatable bonds is 38. The van der Waals surface area contributed by atoms with Crippen molar-refractivity contribution in [2.24, 2.45) is 11.8 Å². The first-order valence-corrected chi connectivity index (χ1v) is 25.1. The number of nitrogens with zero attached hydrogens (tertiary/aromatic N) is 3. The van der Waals surface area contributed by atoms with Gasteiger partial charge in [-0.2, -0.15) is 0 Å². The van der Waals surface area contributed by atoms with Gasteiger partial charge in [-0.05, 0) is 55.9 Å². The monoisotopic (exact) mass is 1110 g/mol. The Morgan fingerprint density at radius 2 is 0.885 bits per heavy atom. The molecule has 0 aromatic heterocycles. The third-order valence-electron chi connectivity index (χ3n) is 11.2. The predicted octanol–water partition coefficient (Wildman–Crippen LogP) is 3.78. The van der Waals surface area contributed by atoms with Gasteiger partial charge in [-0.25, -0.2) is 19.2 Å². The van der Waals surface area contributed by atoms with E-state index in [1.165, 1.54) is 65.6 Å². The molecule has 0 atom stereocenters. The lowest BCUT2D eigenvalue weighted by Gasteiger charge is -2.31. The van der Waals surface area contributed by atoms with Crippen molar-refractivity contribution < 1.29 is 100 Å². The number of nitro benzene ring substituents is 2. The van der Waals surface area contributed by atoms with Crippen molar-refractivity contribution in [3.05, 3.63) is 80.9 Å². The van der Waals surface area contributed by atoms with Gasteiger partial charge in [-0.3, -0.25) is 39.5 Å². The molecule has 0 saturated heterocycles. The van der Waals surface area contributed by atoms with Gasteiger partial charge < -0.3 is 72.8 Å². The van der Waals surface area contributed by atoms with E-state index in [0.717, 1.165) is 0 Å². The highest BCUT2D eigenvalue weighted by Gasteiger charge is 2.32. The van der Waals surface area contributed by atoms with Crippen molar-refractivity contribution >= 4 is 53.6 Å². The summed E-state index contributed by atoms with van der Waals surface area (Å²) in [5.74, 6) is -0.938. The minimum atomic E-state index is -0.985. The van der Waals surface area contributed by atoms with E-state index in [2.05, 4.69) is 16.0 Å². The highest BCUT2D eigenvalue weighted by atomic mass is 16.7. The predicted molar refractivity (Wildman–Crippen MR) is 266 cm³/mol.